The van der Waals surface area contributed by atoms with E-state index in [1.807, 2.05) is 0 Å². The summed E-state index contributed by atoms with van der Waals surface area (Å²) in [6.07, 6.45) is 0. The van der Waals surface area contributed by atoms with Crippen molar-refractivity contribution in [1.29, 1.82) is 0 Å². The molecule has 0 aliphatic carbocycles. The van der Waals surface area contributed by atoms with E-state index in [0.29, 0.717) is 5.56 Å². The Morgan fingerprint density at radius 2 is 2.18 bits per heavy atom. The van der Waals surface area contributed by atoms with Crippen molar-refractivity contribution in [3.8, 4) is 0 Å². The Labute approximate surface area is 63.8 Å². The van der Waals surface area contributed by atoms with Crippen LogP contribution >= 0.6 is 0 Å². The number of nitrogens with two attached hydrogens (primary N) is 1. The molecule has 0 saturated heterocycles. The second-order valence-corrected chi connectivity index (χ2v) is 2.32. The van der Waals surface area contributed by atoms with Crippen LogP contribution in [0.2, 0.25) is 0 Å². The zero-order chi connectivity index (χ0) is 8.27. The summed E-state index contributed by atoms with van der Waals surface area (Å²) in [7, 11) is 0. The number of benzene rings is 1. The molecule has 1 rings (SSSR count). The van der Waals surface area contributed by atoms with Crippen LogP contribution < -0.4 is 5.73 Å². The lowest BCUT2D eigenvalue weighted by molar-refractivity contribution is 0.436. The third kappa shape index (κ3) is 1.98. The Hall–Kier alpha value is -0.960. The van der Waals surface area contributed by atoms with Crippen molar-refractivity contribution < 1.29 is 8.78 Å². The van der Waals surface area contributed by atoms with Gasteiger partial charge >= 0.3 is 0 Å². The summed E-state index contributed by atoms with van der Waals surface area (Å²) >= 11 is 0. The Bertz CT molecular complexity index is 237. The van der Waals surface area contributed by atoms with Crippen LogP contribution in [0.4, 0.5) is 8.78 Å². The third-order valence-corrected chi connectivity index (χ3v) is 1.44. The number of hydrogen-bond acceptors (Lipinski definition) is 1. The maximum absolute atomic E-state index is 12.5. The maximum Gasteiger partial charge on any atom is 0.123 e. The second kappa shape index (κ2) is 3.44. The number of alkyl halides is 1. The first-order chi connectivity index (χ1) is 5.24. The van der Waals surface area contributed by atoms with Gasteiger partial charge in [-0.1, -0.05) is 12.1 Å². The van der Waals surface area contributed by atoms with Crippen molar-refractivity contribution in [2.75, 3.05) is 6.67 Å². The van der Waals surface area contributed by atoms with Gasteiger partial charge in [0.2, 0.25) is 0 Å². The van der Waals surface area contributed by atoms with Crippen LogP contribution in [-0.2, 0) is 0 Å². The highest BCUT2D eigenvalue weighted by Crippen LogP contribution is 2.11. The molecular weight excluding hydrogens is 148 g/mol. The fourth-order valence-electron chi connectivity index (χ4n) is 0.826. The van der Waals surface area contributed by atoms with Crippen molar-refractivity contribution in [1.82, 2.24) is 0 Å². The summed E-state index contributed by atoms with van der Waals surface area (Å²) in [6, 6.07) is 4.96. The van der Waals surface area contributed by atoms with Crippen molar-refractivity contribution in [3.05, 3.63) is 35.6 Å². The van der Waals surface area contributed by atoms with Crippen molar-refractivity contribution >= 4 is 0 Å². The molecule has 0 amide bonds. The quantitative estimate of drug-likeness (QED) is 0.695. The summed E-state index contributed by atoms with van der Waals surface area (Å²) in [5.41, 5.74) is 5.81. The zero-order valence-corrected chi connectivity index (χ0v) is 5.93. The molecule has 0 radical (unpaired) electrons. The predicted molar refractivity (Wildman–Crippen MR) is 39.3 cm³/mol. The zero-order valence-electron chi connectivity index (χ0n) is 5.93. The molecule has 0 fully saturated rings. The Morgan fingerprint density at radius 1 is 1.45 bits per heavy atom. The van der Waals surface area contributed by atoms with E-state index in [9.17, 15) is 8.78 Å². The molecule has 2 N–H and O–H groups in total. The average Bonchev–Trinajstić information content (AvgIpc) is 2.03. The van der Waals surface area contributed by atoms with Gasteiger partial charge in [-0.05, 0) is 17.7 Å². The molecular formula is C8H9F2N. The highest BCUT2D eigenvalue weighted by Gasteiger charge is 2.04. The van der Waals surface area contributed by atoms with Gasteiger partial charge in [-0.3, -0.25) is 0 Å². The molecule has 1 atom stereocenters. The fraction of sp³-hybridized carbons (Fsp3) is 0.250. The van der Waals surface area contributed by atoms with Crippen LogP contribution in [0.15, 0.2) is 24.3 Å². The summed E-state index contributed by atoms with van der Waals surface area (Å²) in [6.45, 7) is -0.663. The molecule has 1 aromatic rings. The van der Waals surface area contributed by atoms with Gasteiger partial charge in [-0.2, -0.15) is 0 Å². The summed E-state index contributed by atoms with van der Waals surface area (Å²) in [5.74, 6) is -0.383. The Balaban J connectivity index is 2.86. The molecule has 0 heterocycles. The van der Waals surface area contributed by atoms with E-state index in [1.165, 1.54) is 18.2 Å². The molecule has 0 saturated carbocycles. The minimum absolute atomic E-state index is 0.383. The highest BCUT2D eigenvalue weighted by molar-refractivity contribution is 5.19. The lowest BCUT2D eigenvalue weighted by Gasteiger charge is -2.05. The maximum atomic E-state index is 12.5. The van der Waals surface area contributed by atoms with E-state index in [-0.39, 0.29) is 5.82 Å². The van der Waals surface area contributed by atoms with Gasteiger partial charge in [-0.25, -0.2) is 8.78 Å². The first-order valence-corrected chi connectivity index (χ1v) is 3.31. The fourth-order valence-corrected chi connectivity index (χ4v) is 0.826. The predicted octanol–water partition coefficient (Wildman–Crippen LogP) is 1.79. The number of halogens is 2. The van der Waals surface area contributed by atoms with Gasteiger partial charge in [0.05, 0.1) is 6.04 Å². The van der Waals surface area contributed by atoms with Gasteiger partial charge in [0.15, 0.2) is 0 Å². The summed E-state index contributed by atoms with van der Waals surface area (Å²) < 4.78 is 24.4. The second-order valence-electron chi connectivity index (χ2n) is 2.32. The van der Waals surface area contributed by atoms with Gasteiger partial charge in [-0.15, -0.1) is 0 Å². The standard InChI is InChI=1S/C8H9F2N/c9-5-8(11)6-2-1-3-7(10)4-6/h1-4,8H,5,11H2. The molecule has 1 nitrogen and oxygen atoms in total. The molecule has 1 unspecified atom stereocenters. The first-order valence-electron chi connectivity index (χ1n) is 3.31. The lowest BCUT2D eigenvalue weighted by atomic mass is 10.1. The normalized spacial score (nSPS) is 13.0. The van der Waals surface area contributed by atoms with Crippen molar-refractivity contribution in [3.63, 3.8) is 0 Å². The van der Waals surface area contributed by atoms with Crippen molar-refractivity contribution in [2.45, 2.75) is 6.04 Å². The molecule has 0 bridgehead atoms. The van der Waals surface area contributed by atoms with E-state index in [4.69, 9.17) is 5.73 Å². The van der Waals surface area contributed by atoms with Crippen LogP contribution in [0.1, 0.15) is 11.6 Å². The molecule has 0 aromatic heterocycles. The molecule has 11 heavy (non-hydrogen) atoms. The number of hydrogen-bond donors (Lipinski definition) is 1. The van der Waals surface area contributed by atoms with Gasteiger partial charge < -0.3 is 5.73 Å². The Morgan fingerprint density at radius 3 is 2.73 bits per heavy atom. The van der Waals surface area contributed by atoms with Crippen LogP contribution in [-0.4, -0.2) is 6.67 Å². The van der Waals surface area contributed by atoms with E-state index < -0.39 is 12.7 Å². The van der Waals surface area contributed by atoms with E-state index in [2.05, 4.69) is 0 Å². The Kier molecular flexibility index (Phi) is 2.54. The van der Waals surface area contributed by atoms with Crippen LogP contribution in [0.3, 0.4) is 0 Å². The monoisotopic (exact) mass is 157 g/mol. The largest absolute Gasteiger partial charge is 0.322 e. The third-order valence-electron chi connectivity index (χ3n) is 1.44. The molecule has 60 valence electrons. The molecule has 3 heteroatoms. The smallest absolute Gasteiger partial charge is 0.123 e. The van der Waals surface area contributed by atoms with Gasteiger partial charge in [0, 0.05) is 0 Å². The molecule has 1 aromatic carbocycles. The lowest BCUT2D eigenvalue weighted by Crippen LogP contribution is -2.11. The SMILES string of the molecule is NC(CF)c1cccc(F)c1. The molecule has 0 aliphatic heterocycles. The molecule has 0 spiro atoms. The first kappa shape index (κ1) is 8.14. The van der Waals surface area contributed by atoms with Gasteiger partial charge in [0.1, 0.15) is 12.5 Å². The van der Waals surface area contributed by atoms with Crippen LogP contribution in [0.25, 0.3) is 0 Å². The summed E-state index contributed by atoms with van der Waals surface area (Å²) in [5, 5.41) is 0. The van der Waals surface area contributed by atoms with Gasteiger partial charge in [0.25, 0.3) is 0 Å². The average molecular weight is 157 g/mol. The topological polar surface area (TPSA) is 26.0 Å². The highest BCUT2D eigenvalue weighted by atomic mass is 19.1. The van der Waals surface area contributed by atoms with Crippen LogP contribution in [0, 0.1) is 5.82 Å². The van der Waals surface area contributed by atoms with Crippen molar-refractivity contribution in [2.24, 2.45) is 5.73 Å². The minimum Gasteiger partial charge on any atom is -0.322 e. The summed E-state index contributed by atoms with van der Waals surface area (Å²) in [4.78, 5) is 0. The van der Waals surface area contributed by atoms with Crippen LogP contribution in [0.5, 0.6) is 0 Å². The van der Waals surface area contributed by atoms with E-state index >= 15 is 0 Å². The van der Waals surface area contributed by atoms with E-state index in [0.717, 1.165) is 0 Å². The number of rotatable bonds is 2. The minimum atomic E-state index is -0.703. The molecule has 0 aliphatic rings. The van der Waals surface area contributed by atoms with E-state index in [1.54, 1.807) is 6.07 Å².